The molecule has 6 heteroatoms. The number of nitrogens with zero attached hydrogens (tertiary/aromatic N) is 2. The van der Waals surface area contributed by atoms with Crippen molar-refractivity contribution in [3.8, 4) is 0 Å². The molecule has 0 aliphatic carbocycles. The van der Waals surface area contributed by atoms with Crippen LogP contribution in [0.2, 0.25) is 5.02 Å². The molecular formula is C22H20BrClN2O2. The third-order valence-electron chi connectivity index (χ3n) is 4.83. The first-order valence-corrected chi connectivity index (χ1v) is 9.98. The van der Waals surface area contributed by atoms with Gasteiger partial charge in [0.15, 0.2) is 11.9 Å². The van der Waals surface area contributed by atoms with Gasteiger partial charge < -0.3 is 10.4 Å². The van der Waals surface area contributed by atoms with Gasteiger partial charge in [-0.3, -0.25) is 0 Å². The van der Waals surface area contributed by atoms with Crippen molar-refractivity contribution < 1.29 is 9.94 Å². The highest BCUT2D eigenvalue weighted by Crippen LogP contribution is 2.33. The van der Waals surface area contributed by atoms with E-state index in [2.05, 4.69) is 33.2 Å². The van der Waals surface area contributed by atoms with Gasteiger partial charge in [-0.05, 0) is 47.9 Å². The van der Waals surface area contributed by atoms with Crippen molar-refractivity contribution in [3.05, 3.63) is 103 Å². The van der Waals surface area contributed by atoms with Crippen molar-refractivity contribution >= 4 is 33.2 Å². The average molecular weight is 460 g/mol. The van der Waals surface area contributed by atoms with Crippen LogP contribution in [0, 0.1) is 19.1 Å². The fraction of sp³-hybridized carbons (Fsp3) is 0.182. The van der Waals surface area contributed by atoms with E-state index < -0.39 is 0 Å². The lowest BCUT2D eigenvalue weighted by Crippen LogP contribution is -2.29. The number of halogens is 2. The molecule has 0 saturated heterocycles. The molecule has 1 N–H and O–H groups in total. The maximum Gasteiger partial charge on any atom is 0.190 e. The summed E-state index contributed by atoms with van der Waals surface area (Å²) in [6, 6.07) is 17.3. The molecule has 1 atom stereocenters. The van der Waals surface area contributed by atoms with Gasteiger partial charge in [-0.15, -0.1) is 0 Å². The Morgan fingerprint density at radius 3 is 2.46 bits per heavy atom. The van der Waals surface area contributed by atoms with Crippen LogP contribution in [0.3, 0.4) is 0 Å². The molecular weight excluding hydrogens is 440 g/mol. The molecule has 4 nitrogen and oxygen atoms in total. The molecule has 144 valence electrons. The number of hydrogen-bond acceptors (Lipinski definition) is 3. The Morgan fingerprint density at radius 2 is 1.86 bits per heavy atom. The van der Waals surface area contributed by atoms with E-state index in [1.54, 1.807) is 19.1 Å². The molecule has 0 amide bonds. The van der Waals surface area contributed by atoms with Crippen molar-refractivity contribution in [1.82, 2.24) is 0 Å². The van der Waals surface area contributed by atoms with E-state index >= 15 is 0 Å². The molecule has 28 heavy (non-hydrogen) atoms. The van der Waals surface area contributed by atoms with Gasteiger partial charge in [0.1, 0.15) is 0 Å². The van der Waals surface area contributed by atoms with Crippen molar-refractivity contribution in [2.75, 3.05) is 0 Å². The largest absolute Gasteiger partial charge is 0.619 e. The summed E-state index contributed by atoms with van der Waals surface area (Å²) in [4.78, 5) is 0. The van der Waals surface area contributed by atoms with E-state index in [-0.39, 0.29) is 5.92 Å². The molecule has 0 spiro atoms. The highest BCUT2D eigenvalue weighted by atomic mass is 79.9. The standard InChI is InChI=1S/C22H20BrClN2O2/c1-14-11-19(24)7-8-20(14)21(16-3-5-18(23)6-4-16)13-22(25-27)17-9-10-26(28)15(2)12-17/h3-12,21,27H,13H2,1-2H3/b25-22+/t21-/m1/s1. The highest BCUT2D eigenvalue weighted by Gasteiger charge is 2.21. The molecule has 0 aliphatic heterocycles. The summed E-state index contributed by atoms with van der Waals surface area (Å²) in [6.07, 6.45) is 1.90. The van der Waals surface area contributed by atoms with E-state index in [4.69, 9.17) is 11.6 Å². The zero-order valence-electron chi connectivity index (χ0n) is 15.6. The molecule has 0 fully saturated rings. The van der Waals surface area contributed by atoms with Crippen molar-refractivity contribution in [2.45, 2.75) is 26.2 Å². The minimum atomic E-state index is -0.0313. The summed E-state index contributed by atoms with van der Waals surface area (Å²) in [5, 5.41) is 25.6. The quantitative estimate of drug-likeness (QED) is 0.173. The predicted molar refractivity (Wildman–Crippen MR) is 115 cm³/mol. The molecule has 1 heterocycles. The van der Waals surface area contributed by atoms with Crippen LogP contribution in [-0.4, -0.2) is 10.9 Å². The minimum Gasteiger partial charge on any atom is -0.619 e. The predicted octanol–water partition coefficient (Wildman–Crippen LogP) is 5.75. The second-order valence-electron chi connectivity index (χ2n) is 6.74. The number of aryl methyl sites for hydroxylation is 2. The van der Waals surface area contributed by atoms with Crippen LogP contribution >= 0.6 is 27.5 Å². The molecule has 0 radical (unpaired) electrons. The average Bonchev–Trinajstić information content (AvgIpc) is 2.67. The first-order valence-electron chi connectivity index (χ1n) is 8.81. The normalized spacial score (nSPS) is 12.8. The maximum atomic E-state index is 11.7. The summed E-state index contributed by atoms with van der Waals surface area (Å²) in [5.41, 5.74) is 5.06. The van der Waals surface area contributed by atoms with Gasteiger partial charge in [-0.2, -0.15) is 4.73 Å². The Kier molecular flexibility index (Phi) is 6.37. The van der Waals surface area contributed by atoms with E-state index in [1.165, 1.54) is 6.20 Å². The van der Waals surface area contributed by atoms with Crippen LogP contribution in [0.5, 0.6) is 0 Å². The van der Waals surface area contributed by atoms with Crippen LogP contribution in [0.1, 0.15) is 40.3 Å². The van der Waals surface area contributed by atoms with E-state index in [0.29, 0.717) is 22.8 Å². The first-order chi connectivity index (χ1) is 13.4. The number of rotatable bonds is 5. The van der Waals surface area contributed by atoms with E-state index in [0.717, 1.165) is 31.5 Å². The second-order valence-corrected chi connectivity index (χ2v) is 8.09. The number of benzene rings is 2. The van der Waals surface area contributed by atoms with Gasteiger partial charge in [0.2, 0.25) is 0 Å². The Hall–Kier alpha value is -2.37. The lowest BCUT2D eigenvalue weighted by atomic mass is 9.83. The highest BCUT2D eigenvalue weighted by molar-refractivity contribution is 9.10. The van der Waals surface area contributed by atoms with Gasteiger partial charge in [0.05, 0.1) is 5.71 Å². The van der Waals surface area contributed by atoms with Gasteiger partial charge >= 0.3 is 0 Å². The fourth-order valence-corrected chi connectivity index (χ4v) is 3.82. The van der Waals surface area contributed by atoms with Crippen LogP contribution < -0.4 is 4.73 Å². The molecule has 3 rings (SSSR count). The fourth-order valence-electron chi connectivity index (χ4n) is 3.32. The van der Waals surface area contributed by atoms with Crippen molar-refractivity contribution in [2.24, 2.45) is 5.16 Å². The summed E-state index contributed by atoms with van der Waals surface area (Å²) in [6.45, 7) is 3.75. The third-order valence-corrected chi connectivity index (χ3v) is 5.60. The second kappa shape index (κ2) is 8.76. The Morgan fingerprint density at radius 1 is 1.14 bits per heavy atom. The maximum absolute atomic E-state index is 11.7. The zero-order chi connectivity index (χ0) is 20.3. The molecule has 2 aromatic carbocycles. The Bertz CT molecular complexity index is 1020. The molecule has 0 saturated carbocycles. The number of aromatic nitrogens is 1. The van der Waals surface area contributed by atoms with Gasteiger partial charge in [-0.25, -0.2) is 0 Å². The van der Waals surface area contributed by atoms with E-state index in [9.17, 15) is 10.4 Å². The minimum absolute atomic E-state index is 0.0313. The Balaban J connectivity index is 2.05. The number of pyridine rings is 1. The summed E-state index contributed by atoms with van der Waals surface area (Å²) in [5.74, 6) is -0.0313. The number of oxime groups is 1. The molecule has 0 unspecified atom stereocenters. The van der Waals surface area contributed by atoms with Crippen LogP contribution in [0.4, 0.5) is 0 Å². The third kappa shape index (κ3) is 4.54. The topological polar surface area (TPSA) is 59.5 Å². The zero-order valence-corrected chi connectivity index (χ0v) is 17.9. The monoisotopic (exact) mass is 458 g/mol. The van der Waals surface area contributed by atoms with Crippen LogP contribution in [0.15, 0.2) is 70.4 Å². The Labute approximate surface area is 177 Å². The van der Waals surface area contributed by atoms with Gasteiger partial charge in [-0.1, -0.05) is 50.9 Å². The van der Waals surface area contributed by atoms with Crippen LogP contribution in [0.25, 0.3) is 0 Å². The molecule has 3 aromatic rings. The van der Waals surface area contributed by atoms with Gasteiger partial charge in [0.25, 0.3) is 0 Å². The smallest absolute Gasteiger partial charge is 0.190 e. The summed E-state index contributed by atoms with van der Waals surface area (Å²) < 4.78 is 1.78. The number of hydrogen-bond donors (Lipinski definition) is 1. The summed E-state index contributed by atoms with van der Waals surface area (Å²) >= 11 is 9.63. The molecule has 1 aromatic heterocycles. The van der Waals surface area contributed by atoms with Crippen molar-refractivity contribution in [3.63, 3.8) is 0 Å². The molecule has 0 aliphatic rings. The lowest BCUT2D eigenvalue weighted by molar-refractivity contribution is -0.612. The van der Waals surface area contributed by atoms with Gasteiger partial charge in [0, 0.05) is 46.5 Å². The van der Waals surface area contributed by atoms with Crippen LogP contribution in [-0.2, 0) is 0 Å². The van der Waals surface area contributed by atoms with E-state index in [1.807, 2.05) is 37.3 Å². The SMILES string of the molecule is Cc1cc(Cl)ccc1[C@H](C/C(=N\O)c1cc[n+]([O-])c(C)c1)c1ccc(Br)cc1. The van der Waals surface area contributed by atoms with Crippen molar-refractivity contribution in [1.29, 1.82) is 0 Å². The lowest BCUT2D eigenvalue weighted by Gasteiger charge is -2.21. The summed E-state index contributed by atoms with van der Waals surface area (Å²) in [7, 11) is 0. The molecule has 0 bridgehead atoms. The first kappa shape index (κ1) is 20.4.